The van der Waals surface area contributed by atoms with E-state index < -0.39 is 17.6 Å². The molecule has 1 aromatic rings. The number of aliphatic imine (C=N–C) groups is 2. The third kappa shape index (κ3) is 8.04. The third-order valence-corrected chi connectivity index (χ3v) is 5.93. The maximum absolute atomic E-state index is 12.5. The molecule has 0 saturated heterocycles. The second kappa shape index (κ2) is 11.5. The summed E-state index contributed by atoms with van der Waals surface area (Å²) in [4.78, 5) is 37.8. The Morgan fingerprint density at radius 2 is 2.06 bits per heavy atom. The molecule has 0 bridgehead atoms. The van der Waals surface area contributed by atoms with Gasteiger partial charge in [-0.2, -0.15) is 0 Å². The normalized spacial score (nSPS) is 21.8. The maximum atomic E-state index is 12.5. The van der Waals surface area contributed by atoms with Crippen LogP contribution in [0.4, 0.5) is 4.79 Å². The quantitative estimate of drug-likeness (QED) is 0.261. The van der Waals surface area contributed by atoms with Crippen LogP contribution in [0.15, 0.2) is 34.0 Å². The summed E-state index contributed by atoms with van der Waals surface area (Å²) in [7, 11) is 0. The van der Waals surface area contributed by atoms with E-state index in [4.69, 9.17) is 16.3 Å². The molecular weight excluding hydrogens is 460 g/mol. The number of hydrazine groups is 1. The number of hydrogen-bond acceptors (Lipinski definition) is 9. The predicted molar refractivity (Wildman–Crippen MR) is 139 cm³/mol. The van der Waals surface area contributed by atoms with Crippen molar-refractivity contribution in [2.24, 2.45) is 27.5 Å². The van der Waals surface area contributed by atoms with Gasteiger partial charge in [-0.3, -0.25) is 25.1 Å². The van der Waals surface area contributed by atoms with Crippen LogP contribution in [0.1, 0.15) is 51.1 Å². The van der Waals surface area contributed by atoms with Gasteiger partial charge in [0.1, 0.15) is 17.1 Å². The van der Waals surface area contributed by atoms with Crippen LogP contribution in [0, 0.1) is 12.8 Å². The molecular formula is C25H38N8O3. The SMILES string of the molecule is Cc1ccc2c(n1)CC[C@@H](CN(N)/C=C(\N)C(=O)NCC1N=CC(NC(=O)OC(C)(C)C)=N[C@H]1C)C2. The number of nitrogens with two attached hydrogens (primary N) is 2. The van der Waals surface area contributed by atoms with Crippen LogP contribution in [0.5, 0.6) is 0 Å². The largest absolute Gasteiger partial charge is 0.444 e. The second-order valence-electron chi connectivity index (χ2n) is 10.4. The standard InChI is InChI=1S/C25H38N8O3/c1-15-6-8-18-10-17(7-9-20(18)30-15)13-33(27)14-19(26)23(34)29-11-21-16(2)31-22(12-28-21)32-24(35)36-25(3,4)5/h6,8,12,14,16-17,21H,7,9-11,13,26-27H2,1-5H3,(H,29,34)(H,31,32,35)/b19-14-/t16-,17+,21?/m0/s1. The van der Waals surface area contributed by atoms with Gasteiger partial charge in [0.15, 0.2) is 0 Å². The number of nitrogens with one attached hydrogen (secondary N) is 2. The Labute approximate surface area is 212 Å². The van der Waals surface area contributed by atoms with Crippen LogP contribution in [0.2, 0.25) is 0 Å². The van der Waals surface area contributed by atoms with Gasteiger partial charge in [0.25, 0.3) is 5.91 Å². The Morgan fingerprint density at radius 1 is 1.31 bits per heavy atom. The van der Waals surface area contributed by atoms with Gasteiger partial charge in [-0.05, 0) is 71.4 Å². The Balaban J connectivity index is 1.44. The van der Waals surface area contributed by atoms with Gasteiger partial charge in [0, 0.05) is 30.7 Å². The Bertz CT molecular complexity index is 1060. The van der Waals surface area contributed by atoms with Crippen molar-refractivity contribution in [2.75, 3.05) is 13.1 Å². The molecule has 1 aromatic heterocycles. The number of rotatable bonds is 6. The first-order chi connectivity index (χ1) is 16.9. The van der Waals surface area contributed by atoms with E-state index in [1.165, 1.54) is 28.7 Å². The third-order valence-electron chi connectivity index (χ3n) is 5.93. The van der Waals surface area contributed by atoms with Crippen molar-refractivity contribution in [1.29, 1.82) is 0 Å². The molecule has 0 spiro atoms. The highest BCUT2D eigenvalue weighted by Gasteiger charge is 2.24. The van der Waals surface area contributed by atoms with Gasteiger partial charge in [-0.15, -0.1) is 0 Å². The monoisotopic (exact) mass is 498 g/mol. The second-order valence-corrected chi connectivity index (χ2v) is 10.4. The molecule has 1 aliphatic carbocycles. The lowest BCUT2D eigenvalue weighted by Gasteiger charge is -2.27. The number of nitrogens with zero attached hydrogens (tertiary/aromatic N) is 4. The maximum Gasteiger partial charge on any atom is 0.413 e. The van der Waals surface area contributed by atoms with E-state index in [-0.39, 0.29) is 24.3 Å². The van der Waals surface area contributed by atoms with Gasteiger partial charge >= 0.3 is 6.09 Å². The van der Waals surface area contributed by atoms with E-state index in [0.717, 1.165) is 25.0 Å². The van der Waals surface area contributed by atoms with Crippen molar-refractivity contribution in [1.82, 2.24) is 20.6 Å². The minimum absolute atomic E-state index is 0.0224. The van der Waals surface area contributed by atoms with Crippen LogP contribution in [0.3, 0.4) is 0 Å². The number of hydrogen-bond donors (Lipinski definition) is 4. The van der Waals surface area contributed by atoms with Crippen molar-refractivity contribution in [3.05, 3.63) is 41.0 Å². The predicted octanol–water partition coefficient (Wildman–Crippen LogP) is 1.35. The molecule has 0 fully saturated rings. The number of carbonyl (C=O) groups is 2. The molecule has 11 nitrogen and oxygen atoms in total. The first kappa shape index (κ1) is 27.1. The molecule has 11 heteroatoms. The molecule has 6 N–H and O–H groups in total. The fourth-order valence-electron chi connectivity index (χ4n) is 4.16. The fraction of sp³-hybridized carbons (Fsp3) is 0.560. The average Bonchev–Trinajstić information content (AvgIpc) is 2.77. The van der Waals surface area contributed by atoms with Crippen molar-refractivity contribution >= 4 is 24.1 Å². The van der Waals surface area contributed by atoms with Crippen LogP contribution in [-0.4, -0.2) is 64.8 Å². The summed E-state index contributed by atoms with van der Waals surface area (Å²) in [6.45, 7) is 10.0. The summed E-state index contributed by atoms with van der Waals surface area (Å²) in [5.41, 5.74) is 8.86. The zero-order valence-corrected chi connectivity index (χ0v) is 21.7. The van der Waals surface area contributed by atoms with E-state index in [2.05, 4.69) is 31.7 Å². The summed E-state index contributed by atoms with van der Waals surface area (Å²) in [6.07, 6.45) is 5.14. The lowest BCUT2D eigenvalue weighted by molar-refractivity contribution is -0.117. The highest BCUT2D eigenvalue weighted by molar-refractivity contribution is 6.32. The van der Waals surface area contributed by atoms with E-state index >= 15 is 0 Å². The lowest BCUT2D eigenvalue weighted by Crippen LogP contribution is -2.44. The number of alkyl carbamates (subject to hydrolysis) is 1. The van der Waals surface area contributed by atoms with Gasteiger partial charge < -0.3 is 20.8 Å². The molecule has 0 aromatic carbocycles. The molecule has 1 unspecified atom stereocenters. The molecule has 2 heterocycles. The lowest BCUT2D eigenvalue weighted by atomic mass is 9.86. The van der Waals surface area contributed by atoms with E-state index in [0.29, 0.717) is 18.3 Å². The number of carbonyl (C=O) groups excluding carboxylic acids is 2. The number of aryl methyl sites for hydroxylation is 2. The number of aromatic nitrogens is 1. The highest BCUT2D eigenvalue weighted by atomic mass is 16.6. The minimum atomic E-state index is -0.611. The van der Waals surface area contributed by atoms with Crippen molar-refractivity contribution in [2.45, 2.75) is 71.6 Å². The van der Waals surface area contributed by atoms with Crippen LogP contribution < -0.4 is 22.2 Å². The number of ether oxygens (including phenoxy) is 1. The zero-order chi connectivity index (χ0) is 26.5. The summed E-state index contributed by atoms with van der Waals surface area (Å²) < 4.78 is 5.22. The van der Waals surface area contributed by atoms with Crippen LogP contribution >= 0.6 is 0 Å². The molecule has 0 radical (unpaired) electrons. The number of amidine groups is 1. The molecule has 1 aliphatic heterocycles. The number of pyridine rings is 1. The van der Waals surface area contributed by atoms with E-state index in [1.54, 1.807) is 20.8 Å². The zero-order valence-electron chi connectivity index (χ0n) is 21.7. The first-order valence-electron chi connectivity index (χ1n) is 12.2. The van der Waals surface area contributed by atoms with Gasteiger partial charge in [-0.25, -0.2) is 10.6 Å². The minimum Gasteiger partial charge on any atom is -0.444 e. The summed E-state index contributed by atoms with van der Waals surface area (Å²) in [6, 6.07) is 3.62. The fourth-order valence-corrected chi connectivity index (χ4v) is 4.16. The molecule has 0 saturated carbocycles. The van der Waals surface area contributed by atoms with Crippen LogP contribution in [0.25, 0.3) is 0 Å². The summed E-state index contributed by atoms with van der Waals surface area (Å²) >= 11 is 0. The van der Waals surface area contributed by atoms with E-state index in [9.17, 15) is 9.59 Å². The van der Waals surface area contributed by atoms with Crippen LogP contribution in [-0.2, 0) is 22.4 Å². The van der Waals surface area contributed by atoms with E-state index in [1.807, 2.05) is 19.9 Å². The first-order valence-corrected chi connectivity index (χ1v) is 12.2. The Kier molecular flexibility index (Phi) is 8.67. The summed E-state index contributed by atoms with van der Waals surface area (Å²) in [5.74, 6) is 6.38. The molecule has 2 aliphatic rings. The van der Waals surface area contributed by atoms with Gasteiger partial charge in [0.05, 0.1) is 18.3 Å². The number of fused-ring (bicyclic) bond motifs is 1. The molecule has 196 valence electrons. The van der Waals surface area contributed by atoms with Gasteiger partial charge in [-0.1, -0.05) is 6.07 Å². The molecule has 3 atom stereocenters. The van der Waals surface area contributed by atoms with Crippen molar-refractivity contribution in [3.8, 4) is 0 Å². The van der Waals surface area contributed by atoms with Crippen molar-refractivity contribution in [3.63, 3.8) is 0 Å². The molecule has 2 amide bonds. The molecule has 3 rings (SSSR count). The highest BCUT2D eigenvalue weighted by Crippen LogP contribution is 2.25. The van der Waals surface area contributed by atoms with Crippen molar-refractivity contribution < 1.29 is 14.3 Å². The Hall–Kier alpha value is -3.47. The average molecular weight is 499 g/mol. The topological polar surface area (TPSA) is 160 Å². The number of amides is 2. The summed E-state index contributed by atoms with van der Waals surface area (Å²) in [5, 5.41) is 6.83. The Morgan fingerprint density at radius 3 is 2.75 bits per heavy atom. The molecule has 36 heavy (non-hydrogen) atoms. The van der Waals surface area contributed by atoms with Gasteiger partial charge in [0.2, 0.25) is 0 Å². The smallest absolute Gasteiger partial charge is 0.413 e.